The molecule has 2 fully saturated rings. The van der Waals surface area contributed by atoms with Crippen LogP contribution in [-0.4, -0.2) is 75.2 Å². The van der Waals surface area contributed by atoms with Crippen LogP contribution in [0.2, 0.25) is 0 Å². The van der Waals surface area contributed by atoms with Gasteiger partial charge in [0.1, 0.15) is 18.0 Å². The van der Waals surface area contributed by atoms with Gasteiger partial charge in [0.15, 0.2) is 0 Å². The maximum Gasteiger partial charge on any atom is 0.243 e. The lowest BCUT2D eigenvalue weighted by Gasteiger charge is -2.35. The van der Waals surface area contributed by atoms with Crippen molar-refractivity contribution in [3.63, 3.8) is 0 Å². The highest BCUT2D eigenvalue weighted by molar-refractivity contribution is 7.89. The van der Waals surface area contributed by atoms with E-state index in [2.05, 4.69) is 19.8 Å². The number of morpholine rings is 1. The molecule has 2 aromatic rings. The number of nitrogens with zero attached hydrogens (tertiary/aromatic N) is 5. The molecular formula is C20H27N5O3S. The fourth-order valence-corrected chi connectivity index (χ4v) is 5.16. The summed E-state index contributed by atoms with van der Waals surface area (Å²) in [5.41, 5.74) is 2.08. The molecule has 2 aliphatic rings. The van der Waals surface area contributed by atoms with Gasteiger partial charge in [-0.3, -0.25) is 0 Å². The second kappa shape index (κ2) is 8.25. The van der Waals surface area contributed by atoms with E-state index in [1.54, 1.807) is 22.8 Å². The molecule has 0 amide bonds. The van der Waals surface area contributed by atoms with Crippen LogP contribution in [0.5, 0.6) is 0 Å². The van der Waals surface area contributed by atoms with Gasteiger partial charge in [-0.25, -0.2) is 18.4 Å². The van der Waals surface area contributed by atoms with E-state index in [9.17, 15) is 8.42 Å². The normalized spacial score (nSPS) is 18.8. The summed E-state index contributed by atoms with van der Waals surface area (Å²) in [6.07, 6.45) is 1.58. The third kappa shape index (κ3) is 4.22. The van der Waals surface area contributed by atoms with Crippen LogP contribution in [0.15, 0.2) is 35.5 Å². The smallest absolute Gasteiger partial charge is 0.243 e. The number of sulfonamides is 1. The average Bonchev–Trinajstić information content (AvgIpc) is 2.76. The summed E-state index contributed by atoms with van der Waals surface area (Å²) in [5, 5.41) is 0. The minimum Gasteiger partial charge on any atom is -0.378 e. The number of piperazine rings is 1. The Hall–Kier alpha value is -2.23. The molecule has 29 heavy (non-hydrogen) atoms. The van der Waals surface area contributed by atoms with Crippen LogP contribution in [0, 0.1) is 13.8 Å². The highest BCUT2D eigenvalue weighted by Gasteiger charge is 2.29. The predicted molar refractivity (Wildman–Crippen MR) is 112 cm³/mol. The van der Waals surface area contributed by atoms with E-state index in [1.807, 2.05) is 26.0 Å². The standard InChI is InChI=1S/C20H27N5O3S/c1-16-3-4-18(13-17(16)2)29(26,27)25-7-5-23(6-8-25)19-14-20(22-15-21-19)24-9-11-28-12-10-24/h3-4,13-15H,5-12H2,1-2H3. The number of rotatable bonds is 4. The van der Waals surface area contributed by atoms with Crippen molar-refractivity contribution >= 4 is 21.7 Å². The molecule has 0 bridgehead atoms. The van der Waals surface area contributed by atoms with Gasteiger partial charge in [0, 0.05) is 45.3 Å². The third-order valence-corrected chi connectivity index (χ3v) is 7.55. The summed E-state index contributed by atoms with van der Waals surface area (Å²) in [6, 6.07) is 7.31. The zero-order chi connectivity index (χ0) is 20.4. The number of ether oxygens (including phenoxy) is 1. The van der Waals surface area contributed by atoms with Gasteiger partial charge in [-0.2, -0.15) is 4.31 Å². The van der Waals surface area contributed by atoms with Gasteiger partial charge >= 0.3 is 0 Å². The van der Waals surface area contributed by atoms with Gasteiger partial charge in [0.05, 0.1) is 18.1 Å². The zero-order valence-corrected chi connectivity index (χ0v) is 17.7. The molecule has 9 heteroatoms. The highest BCUT2D eigenvalue weighted by Crippen LogP contribution is 2.23. The van der Waals surface area contributed by atoms with Crippen LogP contribution in [0.25, 0.3) is 0 Å². The number of hydrogen-bond acceptors (Lipinski definition) is 7. The topological polar surface area (TPSA) is 78.9 Å². The van der Waals surface area contributed by atoms with E-state index in [-0.39, 0.29) is 0 Å². The molecule has 8 nitrogen and oxygen atoms in total. The first-order chi connectivity index (χ1) is 13.9. The maximum absolute atomic E-state index is 13.0. The van der Waals surface area contributed by atoms with E-state index < -0.39 is 10.0 Å². The summed E-state index contributed by atoms with van der Waals surface area (Å²) in [6.45, 7) is 9.04. The Morgan fingerprint density at radius 1 is 0.828 bits per heavy atom. The van der Waals surface area contributed by atoms with Gasteiger partial charge in [-0.15, -0.1) is 0 Å². The Morgan fingerprint density at radius 2 is 1.45 bits per heavy atom. The highest BCUT2D eigenvalue weighted by atomic mass is 32.2. The van der Waals surface area contributed by atoms with Gasteiger partial charge in [0.25, 0.3) is 0 Å². The number of hydrogen-bond donors (Lipinski definition) is 0. The summed E-state index contributed by atoms with van der Waals surface area (Å²) in [7, 11) is -3.48. The SMILES string of the molecule is Cc1ccc(S(=O)(=O)N2CCN(c3cc(N4CCOCC4)ncn3)CC2)cc1C. The van der Waals surface area contributed by atoms with E-state index in [1.165, 1.54) is 0 Å². The second-order valence-electron chi connectivity index (χ2n) is 7.47. The fraction of sp³-hybridized carbons (Fsp3) is 0.500. The molecule has 1 aromatic heterocycles. The zero-order valence-electron chi connectivity index (χ0n) is 16.9. The third-order valence-electron chi connectivity index (χ3n) is 5.65. The molecule has 3 heterocycles. The Balaban J connectivity index is 1.44. The first-order valence-corrected chi connectivity index (χ1v) is 11.4. The van der Waals surface area contributed by atoms with E-state index >= 15 is 0 Å². The Kier molecular flexibility index (Phi) is 5.71. The van der Waals surface area contributed by atoms with E-state index in [0.29, 0.717) is 44.3 Å². The van der Waals surface area contributed by atoms with Crippen molar-refractivity contribution < 1.29 is 13.2 Å². The van der Waals surface area contributed by atoms with Crippen molar-refractivity contribution in [2.75, 3.05) is 62.3 Å². The first-order valence-electron chi connectivity index (χ1n) is 9.92. The molecule has 2 aliphatic heterocycles. The molecular weight excluding hydrogens is 390 g/mol. The number of aryl methyl sites for hydroxylation is 2. The quantitative estimate of drug-likeness (QED) is 0.745. The summed E-state index contributed by atoms with van der Waals surface area (Å²) < 4.78 is 33.0. The Bertz CT molecular complexity index is 968. The van der Waals surface area contributed by atoms with Crippen molar-refractivity contribution in [2.45, 2.75) is 18.7 Å². The molecule has 0 atom stereocenters. The van der Waals surface area contributed by atoms with Gasteiger partial charge in [-0.05, 0) is 37.1 Å². The molecule has 0 unspecified atom stereocenters. The van der Waals surface area contributed by atoms with Crippen LogP contribution in [-0.2, 0) is 14.8 Å². The van der Waals surface area contributed by atoms with Crippen molar-refractivity contribution in [1.29, 1.82) is 0 Å². The lowest BCUT2D eigenvalue weighted by molar-refractivity contribution is 0.122. The molecule has 156 valence electrons. The van der Waals surface area contributed by atoms with Gasteiger partial charge < -0.3 is 14.5 Å². The van der Waals surface area contributed by atoms with Crippen molar-refractivity contribution in [2.24, 2.45) is 0 Å². The van der Waals surface area contributed by atoms with Crippen LogP contribution >= 0.6 is 0 Å². The fourth-order valence-electron chi connectivity index (χ4n) is 3.66. The van der Waals surface area contributed by atoms with Crippen LogP contribution < -0.4 is 9.80 Å². The molecule has 4 rings (SSSR count). The van der Waals surface area contributed by atoms with Crippen molar-refractivity contribution in [3.05, 3.63) is 41.7 Å². The molecule has 0 radical (unpaired) electrons. The van der Waals surface area contributed by atoms with Crippen LogP contribution in [0.3, 0.4) is 0 Å². The molecule has 0 N–H and O–H groups in total. The van der Waals surface area contributed by atoms with E-state index in [0.717, 1.165) is 35.9 Å². The summed E-state index contributed by atoms with van der Waals surface area (Å²) >= 11 is 0. The lowest BCUT2D eigenvalue weighted by atomic mass is 10.1. The predicted octanol–water partition coefficient (Wildman–Crippen LogP) is 1.44. The molecule has 0 aliphatic carbocycles. The lowest BCUT2D eigenvalue weighted by Crippen LogP contribution is -2.49. The Morgan fingerprint density at radius 3 is 2.07 bits per heavy atom. The summed E-state index contributed by atoms with van der Waals surface area (Å²) in [5.74, 6) is 1.73. The van der Waals surface area contributed by atoms with Gasteiger partial charge in [0.2, 0.25) is 10.0 Å². The van der Waals surface area contributed by atoms with Crippen molar-refractivity contribution in [3.8, 4) is 0 Å². The van der Waals surface area contributed by atoms with Gasteiger partial charge in [-0.1, -0.05) is 6.07 Å². The van der Waals surface area contributed by atoms with E-state index in [4.69, 9.17) is 4.74 Å². The Labute approximate surface area is 172 Å². The molecule has 0 spiro atoms. The number of benzene rings is 1. The van der Waals surface area contributed by atoms with Crippen molar-refractivity contribution in [1.82, 2.24) is 14.3 Å². The molecule has 1 aromatic carbocycles. The minimum absolute atomic E-state index is 0.366. The maximum atomic E-state index is 13.0. The monoisotopic (exact) mass is 417 g/mol. The molecule has 0 saturated carbocycles. The summed E-state index contributed by atoms with van der Waals surface area (Å²) in [4.78, 5) is 13.5. The number of aromatic nitrogens is 2. The average molecular weight is 418 g/mol. The van der Waals surface area contributed by atoms with Crippen LogP contribution in [0.1, 0.15) is 11.1 Å². The molecule has 2 saturated heterocycles. The first kappa shape index (κ1) is 20.1. The second-order valence-corrected chi connectivity index (χ2v) is 9.41. The minimum atomic E-state index is -3.48. The largest absolute Gasteiger partial charge is 0.378 e. The number of anilines is 2. The van der Waals surface area contributed by atoms with Crippen LogP contribution in [0.4, 0.5) is 11.6 Å².